The standard InChI is InChI=1S/C44H45ClN8O7/c1-53(2,28-31-14-15-46-41(31)52(56)57)18-6-9-35(54)22-29-7-5-8-30(21-29)27-51-42-32(23-38(43(51)55)37-24-36(58-3)25-39(59-4)40(37)45)26-47-44(49-42)48-33-10-12-34(13-11-33)50-16-19-60-20-17-50/h5-13,15,21,23-26H,14,16-20,22,27-28H2,1-4H3/p+1/b9-6+. The van der Waals surface area contributed by atoms with Gasteiger partial charge in [-0.1, -0.05) is 40.9 Å². The van der Waals surface area contributed by atoms with Crippen LogP contribution >= 0.6 is 11.6 Å². The van der Waals surface area contributed by atoms with E-state index in [4.69, 9.17) is 30.8 Å². The first-order valence-corrected chi connectivity index (χ1v) is 19.8. The number of rotatable bonds is 16. The highest BCUT2D eigenvalue weighted by atomic mass is 35.5. The van der Waals surface area contributed by atoms with E-state index in [0.29, 0.717) is 82.4 Å². The number of aliphatic imine (C=N–C) groups is 1. The molecule has 0 radical (unpaired) electrons. The number of morpholine rings is 1. The molecular weight excluding hydrogens is 788 g/mol. The number of aromatic nitrogens is 3. The van der Waals surface area contributed by atoms with Gasteiger partial charge in [-0.3, -0.25) is 14.2 Å². The summed E-state index contributed by atoms with van der Waals surface area (Å²) in [6.07, 6.45) is 7.16. The Labute approximate surface area is 351 Å². The van der Waals surface area contributed by atoms with Crippen molar-refractivity contribution >= 4 is 52.0 Å². The Kier molecular flexibility index (Phi) is 12.7. The minimum absolute atomic E-state index is 0.0949. The van der Waals surface area contributed by atoms with E-state index in [0.717, 1.165) is 35.6 Å². The zero-order chi connectivity index (χ0) is 42.4. The second kappa shape index (κ2) is 18.2. The number of methoxy groups -OCH3 is 2. The lowest BCUT2D eigenvalue weighted by Crippen LogP contribution is -2.41. The number of pyridine rings is 1. The third-order valence-corrected chi connectivity index (χ3v) is 10.7. The summed E-state index contributed by atoms with van der Waals surface area (Å²) >= 11 is 6.82. The van der Waals surface area contributed by atoms with Crippen LogP contribution in [0.1, 0.15) is 17.5 Å². The molecule has 0 bridgehead atoms. The number of benzene rings is 3. The van der Waals surface area contributed by atoms with Gasteiger partial charge in [0.2, 0.25) is 5.95 Å². The number of hydrogen-bond acceptors (Lipinski definition) is 12. The van der Waals surface area contributed by atoms with Crippen molar-refractivity contribution in [1.29, 1.82) is 0 Å². The van der Waals surface area contributed by atoms with Crippen LogP contribution in [0.5, 0.6) is 11.5 Å². The Morgan fingerprint density at radius 1 is 1.03 bits per heavy atom. The van der Waals surface area contributed by atoms with E-state index in [2.05, 4.69) is 20.2 Å². The number of ketones is 1. The molecule has 15 nitrogen and oxygen atoms in total. The summed E-state index contributed by atoms with van der Waals surface area (Å²) in [5.74, 6) is 0.928. The molecule has 0 amide bonds. The molecule has 0 aliphatic carbocycles. The largest absolute Gasteiger partial charge is 0.497 e. The van der Waals surface area contributed by atoms with Gasteiger partial charge in [0.05, 0.1) is 65.2 Å². The Morgan fingerprint density at radius 3 is 2.53 bits per heavy atom. The molecule has 2 aliphatic rings. The number of carbonyl (C=O) groups is 1. The molecule has 1 fully saturated rings. The second-order valence-corrected chi connectivity index (χ2v) is 15.6. The van der Waals surface area contributed by atoms with Gasteiger partial charge in [0, 0.05) is 66.1 Å². The van der Waals surface area contributed by atoms with Crippen LogP contribution in [0.15, 0.2) is 106 Å². The molecule has 0 atom stereocenters. The molecule has 0 unspecified atom stereocenters. The normalized spacial score (nSPS) is 14.3. The molecule has 2 aromatic heterocycles. The van der Waals surface area contributed by atoms with Gasteiger partial charge >= 0.3 is 5.82 Å². The minimum Gasteiger partial charge on any atom is -0.497 e. The average Bonchev–Trinajstić information content (AvgIpc) is 3.70. The molecule has 0 spiro atoms. The number of anilines is 3. The van der Waals surface area contributed by atoms with Gasteiger partial charge < -0.3 is 39.0 Å². The average molecular weight is 834 g/mol. The number of allylic oxidation sites excluding steroid dienone is 1. The zero-order valence-corrected chi connectivity index (χ0v) is 34.6. The molecule has 1 N–H and O–H groups in total. The van der Waals surface area contributed by atoms with Gasteiger partial charge in [-0.25, -0.2) is 4.98 Å². The van der Waals surface area contributed by atoms with Crippen molar-refractivity contribution < 1.29 is 28.4 Å². The number of nitrogens with zero attached hydrogens (tertiary/aromatic N) is 7. The van der Waals surface area contributed by atoms with E-state index in [-0.39, 0.29) is 35.2 Å². The summed E-state index contributed by atoms with van der Waals surface area (Å²) in [6.45, 7) is 4.10. The van der Waals surface area contributed by atoms with Crippen LogP contribution in [0, 0.1) is 10.1 Å². The van der Waals surface area contributed by atoms with Crippen LogP contribution in [0.4, 0.5) is 17.3 Å². The maximum Gasteiger partial charge on any atom is 0.368 e. The lowest BCUT2D eigenvalue weighted by atomic mass is 10.0. The first-order chi connectivity index (χ1) is 28.9. The molecular formula is C44H46ClN8O7+. The molecule has 7 rings (SSSR count). The smallest absolute Gasteiger partial charge is 0.368 e. The molecule has 310 valence electrons. The topological polar surface area (TPSA) is 163 Å². The number of carbonyl (C=O) groups excluding carboxylic acids is 1. The van der Waals surface area contributed by atoms with Crippen LogP contribution in [-0.4, -0.2) is 104 Å². The summed E-state index contributed by atoms with van der Waals surface area (Å²) < 4.78 is 18.5. The predicted molar refractivity (Wildman–Crippen MR) is 232 cm³/mol. The van der Waals surface area contributed by atoms with Crippen molar-refractivity contribution in [3.63, 3.8) is 0 Å². The van der Waals surface area contributed by atoms with E-state index in [9.17, 15) is 19.7 Å². The summed E-state index contributed by atoms with van der Waals surface area (Å²) in [7, 11) is 6.93. The number of ether oxygens (including phenoxy) is 3. The fraction of sp³-hybridized carbons (Fsp3) is 0.295. The highest BCUT2D eigenvalue weighted by molar-refractivity contribution is 6.35. The Balaban J connectivity index is 1.16. The summed E-state index contributed by atoms with van der Waals surface area (Å²) in [6, 6.07) is 20.6. The number of quaternary nitrogens is 1. The molecule has 3 aromatic carbocycles. The van der Waals surface area contributed by atoms with E-state index >= 15 is 0 Å². The highest BCUT2D eigenvalue weighted by Crippen LogP contribution is 2.39. The highest BCUT2D eigenvalue weighted by Gasteiger charge is 2.28. The van der Waals surface area contributed by atoms with Gasteiger partial charge in [0.15, 0.2) is 5.78 Å². The first-order valence-electron chi connectivity index (χ1n) is 19.4. The lowest BCUT2D eigenvalue weighted by Gasteiger charge is -2.28. The van der Waals surface area contributed by atoms with Crippen LogP contribution in [0.25, 0.3) is 22.2 Å². The number of nitro groups is 1. The number of nitrogens with one attached hydrogen (secondary N) is 1. The summed E-state index contributed by atoms with van der Waals surface area (Å²) in [4.78, 5) is 54.4. The van der Waals surface area contributed by atoms with Crippen LogP contribution in [0.3, 0.4) is 0 Å². The maximum atomic E-state index is 14.6. The van der Waals surface area contributed by atoms with Crippen LogP contribution < -0.4 is 25.2 Å². The first kappa shape index (κ1) is 41.7. The molecule has 4 heterocycles. The van der Waals surface area contributed by atoms with E-state index < -0.39 is 4.92 Å². The van der Waals surface area contributed by atoms with Crippen LogP contribution in [0.2, 0.25) is 5.02 Å². The fourth-order valence-corrected chi connectivity index (χ4v) is 7.66. The number of halogens is 1. The Bertz CT molecular complexity index is 2580. The molecule has 1 saturated heterocycles. The van der Waals surface area contributed by atoms with Crippen LogP contribution in [-0.2, 0) is 22.5 Å². The van der Waals surface area contributed by atoms with Gasteiger partial charge in [-0.2, -0.15) is 4.98 Å². The quantitative estimate of drug-likeness (QED) is 0.0502. The van der Waals surface area contributed by atoms with Crippen molar-refractivity contribution in [1.82, 2.24) is 14.5 Å². The number of likely N-dealkylation sites (N-methyl/N-ethyl adjacent to an activating group) is 1. The van der Waals surface area contributed by atoms with E-state index in [1.807, 2.05) is 62.6 Å². The predicted octanol–water partition coefficient (Wildman–Crippen LogP) is 6.46. The zero-order valence-electron chi connectivity index (χ0n) is 33.9. The van der Waals surface area contributed by atoms with Gasteiger partial charge in [0.25, 0.3) is 5.56 Å². The monoisotopic (exact) mass is 833 g/mol. The van der Waals surface area contributed by atoms with Gasteiger partial charge in [-0.05, 0) is 64.6 Å². The summed E-state index contributed by atoms with van der Waals surface area (Å²) in [5, 5.41) is 15.5. The van der Waals surface area contributed by atoms with E-state index in [1.165, 1.54) is 14.2 Å². The molecule has 0 saturated carbocycles. The van der Waals surface area contributed by atoms with Gasteiger partial charge in [0.1, 0.15) is 29.9 Å². The molecule has 16 heteroatoms. The third kappa shape index (κ3) is 9.71. The molecule has 5 aromatic rings. The second-order valence-electron chi connectivity index (χ2n) is 15.2. The minimum atomic E-state index is -0.453. The molecule has 60 heavy (non-hydrogen) atoms. The summed E-state index contributed by atoms with van der Waals surface area (Å²) in [5.41, 5.74) is 4.86. The van der Waals surface area contributed by atoms with Crippen molar-refractivity contribution in [2.75, 3.05) is 77.9 Å². The molecule has 2 aliphatic heterocycles. The Hall–Kier alpha value is -6.42. The Morgan fingerprint density at radius 2 is 1.80 bits per heavy atom. The van der Waals surface area contributed by atoms with Crippen molar-refractivity contribution in [2.45, 2.75) is 19.4 Å². The maximum absolute atomic E-state index is 14.6. The van der Waals surface area contributed by atoms with Gasteiger partial charge in [-0.15, -0.1) is 0 Å². The number of hydrogen-bond donors (Lipinski definition) is 1. The number of fused-ring (bicyclic) bond motifs is 1. The van der Waals surface area contributed by atoms with E-state index in [1.54, 1.807) is 47.3 Å². The lowest BCUT2D eigenvalue weighted by molar-refractivity contribution is -0.880. The third-order valence-electron chi connectivity index (χ3n) is 10.4. The fourth-order valence-electron chi connectivity index (χ4n) is 7.37. The van der Waals surface area contributed by atoms with Crippen molar-refractivity contribution in [3.8, 4) is 22.6 Å². The van der Waals surface area contributed by atoms with Crippen molar-refractivity contribution in [2.24, 2.45) is 4.99 Å². The SMILES string of the molecule is COc1cc(OC)c(Cl)c(-c2cc3cnc(Nc4ccc(N5CCOCC5)cc4)nc3n(Cc3cccc(CC(=O)/C=C/C[N+](C)(C)CC4=C([N+](=O)[O-])N=CC4)c3)c2=O)c1. The van der Waals surface area contributed by atoms with Crippen molar-refractivity contribution in [3.05, 3.63) is 133 Å².